The molecular formula is C16H16ClNO5S. The Morgan fingerprint density at radius 3 is 2.42 bits per heavy atom. The van der Waals surface area contributed by atoms with E-state index < -0.39 is 16.0 Å². The number of ether oxygens (including phenoxy) is 2. The van der Waals surface area contributed by atoms with Crippen LogP contribution < -0.4 is 9.46 Å². The average Bonchev–Trinajstić information content (AvgIpc) is 2.59. The Bertz CT molecular complexity index is 805. The normalized spacial score (nSPS) is 11.1. The van der Waals surface area contributed by atoms with Gasteiger partial charge in [-0.15, -0.1) is 0 Å². The van der Waals surface area contributed by atoms with Crippen molar-refractivity contribution in [3.63, 3.8) is 0 Å². The van der Waals surface area contributed by atoms with Crippen molar-refractivity contribution >= 4 is 27.6 Å². The molecule has 0 bridgehead atoms. The summed E-state index contributed by atoms with van der Waals surface area (Å²) in [5.74, 6) is -0.154. The van der Waals surface area contributed by atoms with Crippen LogP contribution in [0.25, 0.3) is 0 Å². The molecule has 1 N–H and O–H groups in total. The van der Waals surface area contributed by atoms with E-state index in [1.165, 1.54) is 31.4 Å². The summed E-state index contributed by atoms with van der Waals surface area (Å²) in [5, 5.41) is 0.492. The van der Waals surface area contributed by atoms with Crippen LogP contribution in [0.15, 0.2) is 53.4 Å². The molecule has 2 aromatic rings. The summed E-state index contributed by atoms with van der Waals surface area (Å²) >= 11 is 6.00. The largest absolute Gasteiger partial charge is 0.482 e. The molecule has 0 fully saturated rings. The number of carbonyl (C=O) groups excluding carboxylic acids is 1. The van der Waals surface area contributed by atoms with Crippen LogP contribution >= 0.6 is 11.6 Å². The summed E-state index contributed by atoms with van der Waals surface area (Å²) in [6.07, 6.45) is 0. The maximum Gasteiger partial charge on any atom is 0.343 e. The zero-order chi connectivity index (χ0) is 17.6. The molecule has 0 heterocycles. The van der Waals surface area contributed by atoms with Gasteiger partial charge >= 0.3 is 5.97 Å². The zero-order valence-electron chi connectivity index (χ0n) is 12.9. The molecular weight excluding hydrogens is 354 g/mol. The van der Waals surface area contributed by atoms with Gasteiger partial charge < -0.3 is 9.47 Å². The van der Waals surface area contributed by atoms with E-state index in [1.54, 1.807) is 24.3 Å². The fraction of sp³-hybridized carbons (Fsp3) is 0.188. The van der Waals surface area contributed by atoms with E-state index in [1.807, 2.05) is 0 Å². The van der Waals surface area contributed by atoms with Crippen molar-refractivity contribution in [3.05, 3.63) is 59.1 Å². The van der Waals surface area contributed by atoms with Gasteiger partial charge in [-0.3, -0.25) is 0 Å². The van der Waals surface area contributed by atoms with E-state index in [2.05, 4.69) is 9.46 Å². The monoisotopic (exact) mass is 369 g/mol. The summed E-state index contributed by atoms with van der Waals surface area (Å²) in [5.41, 5.74) is 0.681. The molecule has 0 aliphatic carbocycles. The molecule has 0 unspecified atom stereocenters. The zero-order valence-corrected chi connectivity index (χ0v) is 14.4. The molecule has 0 aliphatic rings. The highest BCUT2D eigenvalue weighted by molar-refractivity contribution is 7.89. The van der Waals surface area contributed by atoms with Gasteiger partial charge in [0.15, 0.2) is 6.61 Å². The maximum absolute atomic E-state index is 12.3. The summed E-state index contributed by atoms with van der Waals surface area (Å²) in [4.78, 5) is 11.1. The van der Waals surface area contributed by atoms with E-state index in [4.69, 9.17) is 16.3 Å². The number of hydrogen-bond acceptors (Lipinski definition) is 5. The number of carbonyl (C=O) groups is 1. The first kappa shape index (κ1) is 18.3. The number of esters is 1. The minimum atomic E-state index is -3.68. The van der Waals surface area contributed by atoms with Crippen molar-refractivity contribution in [1.29, 1.82) is 0 Å². The predicted molar refractivity (Wildman–Crippen MR) is 89.4 cm³/mol. The standard InChI is InChI=1S/C16H16ClNO5S/c1-22-16(19)11-23-13-6-8-14(9-7-13)24(20,21)18-10-12-4-2-3-5-15(12)17/h2-9,18H,10-11H2,1H3. The molecule has 0 aliphatic heterocycles. The average molecular weight is 370 g/mol. The lowest BCUT2D eigenvalue weighted by molar-refractivity contribution is -0.142. The molecule has 0 saturated heterocycles. The molecule has 0 atom stereocenters. The Morgan fingerprint density at radius 1 is 1.12 bits per heavy atom. The van der Waals surface area contributed by atoms with Crippen molar-refractivity contribution in [3.8, 4) is 5.75 Å². The Morgan fingerprint density at radius 2 is 1.79 bits per heavy atom. The number of nitrogens with one attached hydrogen (secondary N) is 1. The van der Waals surface area contributed by atoms with E-state index >= 15 is 0 Å². The van der Waals surface area contributed by atoms with Gasteiger partial charge in [0, 0.05) is 11.6 Å². The van der Waals surface area contributed by atoms with E-state index in [-0.39, 0.29) is 18.0 Å². The second-order valence-electron chi connectivity index (χ2n) is 4.75. The number of halogens is 1. The van der Waals surface area contributed by atoms with Gasteiger partial charge in [0.05, 0.1) is 12.0 Å². The summed E-state index contributed by atoms with van der Waals surface area (Å²) in [7, 11) is -2.43. The van der Waals surface area contributed by atoms with Gasteiger partial charge in [-0.2, -0.15) is 0 Å². The van der Waals surface area contributed by atoms with Crippen molar-refractivity contribution < 1.29 is 22.7 Å². The number of methoxy groups -OCH3 is 1. The molecule has 24 heavy (non-hydrogen) atoms. The number of benzene rings is 2. The highest BCUT2D eigenvalue weighted by Gasteiger charge is 2.14. The molecule has 8 heteroatoms. The van der Waals surface area contributed by atoms with E-state index in [0.29, 0.717) is 16.3 Å². The van der Waals surface area contributed by atoms with Crippen LogP contribution in [0.4, 0.5) is 0 Å². The highest BCUT2D eigenvalue weighted by atomic mass is 35.5. The second-order valence-corrected chi connectivity index (χ2v) is 6.93. The SMILES string of the molecule is COC(=O)COc1ccc(S(=O)(=O)NCc2ccccc2Cl)cc1. The van der Waals surface area contributed by atoms with Gasteiger partial charge in [0.25, 0.3) is 0 Å². The quantitative estimate of drug-likeness (QED) is 0.758. The Hall–Kier alpha value is -2.09. The third-order valence-corrected chi connectivity index (χ3v) is 4.91. The number of hydrogen-bond donors (Lipinski definition) is 1. The second kappa shape index (κ2) is 8.14. The van der Waals surface area contributed by atoms with Gasteiger partial charge in [-0.25, -0.2) is 17.9 Å². The Kier molecular flexibility index (Phi) is 6.19. The number of rotatable bonds is 7. The van der Waals surface area contributed by atoms with Gasteiger partial charge in [-0.1, -0.05) is 29.8 Å². The minimum absolute atomic E-state index is 0.0833. The van der Waals surface area contributed by atoms with Crippen LogP contribution in [0.5, 0.6) is 5.75 Å². The Labute approximate surface area is 145 Å². The third-order valence-electron chi connectivity index (χ3n) is 3.13. The fourth-order valence-corrected chi connectivity index (χ4v) is 3.02. The maximum atomic E-state index is 12.3. The summed E-state index contributed by atoms with van der Waals surface area (Å²) in [6.45, 7) is -0.157. The van der Waals surface area contributed by atoms with Gasteiger partial charge in [0.1, 0.15) is 5.75 Å². The first-order valence-corrected chi connectivity index (χ1v) is 8.81. The van der Waals surface area contributed by atoms with Crippen LogP contribution in [0, 0.1) is 0 Å². The van der Waals surface area contributed by atoms with Crippen molar-refractivity contribution in [2.75, 3.05) is 13.7 Å². The van der Waals surface area contributed by atoms with Crippen molar-refractivity contribution in [2.45, 2.75) is 11.4 Å². The molecule has 0 spiro atoms. The molecule has 128 valence electrons. The van der Waals surface area contributed by atoms with Crippen molar-refractivity contribution in [2.24, 2.45) is 0 Å². The van der Waals surface area contributed by atoms with Crippen LogP contribution in [-0.2, 0) is 26.1 Å². The lowest BCUT2D eigenvalue weighted by Crippen LogP contribution is -2.23. The third kappa shape index (κ3) is 4.95. The summed E-state index contributed by atoms with van der Waals surface area (Å²) < 4.78 is 36.6. The van der Waals surface area contributed by atoms with Gasteiger partial charge in [0.2, 0.25) is 10.0 Å². The molecule has 2 aromatic carbocycles. The highest BCUT2D eigenvalue weighted by Crippen LogP contribution is 2.18. The van der Waals surface area contributed by atoms with Gasteiger partial charge in [-0.05, 0) is 35.9 Å². The van der Waals surface area contributed by atoms with Crippen LogP contribution in [0.1, 0.15) is 5.56 Å². The molecule has 0 aromatic heterocycles. The topological polar surface area (TPSA) is 81.7 Å². The molecule has 0 amide bonds. The van der Waals surface area contributed by atoms with E-state index in [0.717, 1.165) is 0 Å². The summed E-state index contributed by atoms with van der Waals surface area (Å²) in [6, 6.07) is 12.7. The predicted octanol–water partition coefficient (Wildman–Crippen LogP) is 2.37. The first-order chi connectivity index (χ1) is 11.4. The Balaban J connectivity index is 2.01. The lowest BCUT2D eigenvalue weighted by atomic mass is 10.2. The van der Waals surface area contributed by atoms with Crippen LogP contribution in [-0.4, -0.2) is 28.1 Å². The molecule has 0 saturated carbocycles. The number of sulfonamides is 1. The first-order valence-electron chi connectivity index (χ1n) is 6.95. The van der Waals surface area contributed by atoms with Crippen LogP contribution in [0.2, 0.25) is 5.02 Å². The van der Waals surface area contributed by atoms with Crippen LogP contribution in [0.3, 0.4) is 0 Å². The van der Waals surface area contributed by atoms with E-state index in [9.17, 15) is 13.2 Å². The molecule has 2 rings (SSSR count). The smallest absolute Gasteiger partial charge is 0.343 e. The fourth-order valence-electron chi connectivity index (χ4n) is 1.81. The minimum Gasteiger partial charge on any atom is -0.482 e. The van der Waals surface area contributed by atoms with Crippen molar-refractivity contribution in [1.82, 2.24) is 4.72 Å². The molecule has 0 radical (unpaired) electrons. The lowest BCUT2D eigenvalue weighted by Gasteiger charge is -2.09. The molecule has 6 nitrogen and oxygen atoms in total.